The molecule has 2 amide bonds. The van der Waals surface area contributed by atoms with Crippen LogP contribution in [-0.2, 0) is 16.2 Å². The van der Waals surface area contributed by atoms with Gasteiger partial charge in [-0.2, -0.15) is 0 Å². The van der Waals surface area contributed by atoms with Gasteiger partial charge in [-0.25, -0.2) is 5.06 Å². The molecule has 0 N–H and O–H groups in total. The van der Waals surface area contributed by atoms with Gasteiger partial charge in [0.15, 0.2) is 0 Å². The van der Waals surface area contributed by atoms with Gasteiger partial charge in [0.05, 0.1) is 13.0 Å². The van der Waals surface area contributed by atoms with Gasteiger partial charge in [0.25, 0.3) is 5.91 Å². The number of benzene rings is 2. The summed E-state index contributed by atoms with van der Waals surface area (Å²) in [5.74, 6) is 0.00307. The molecule has 27 heavy (non-hydrogen) atoms. The average molecular weight is 385 g/mol. The molecule has 2 aromatic rings. The monoisotopic (exact) mass is 384 g/mol. The van der Waals surface area contributed by atoms with Crippen molar-refractivity contribution in [2.24, 2.45) is 0 Å². The predicted molar refractivity (Wildman–Crippen MR) is 102 cm³/mol. The summed E-state index contributed by atoms with van der Waals surface area (Å²) in [5.41, 5.74) is 1.19. The normalized spacial score (nSPS) is 18.9. The maximum absolute atomic E-state index is 12.6. The van der Waals surface area contributed by atoms with Gasteiger partial charge in [-0.3, -0.25) is 14.4 Å². The van der Waals surface area contributed by atoms with E-state index in [1.165, 1.54) is 5.06 Å². The first-order valence-electron chi connectivity index (χ1n) is 9.13. The molecule has 5 nitrogen and oxygen atoms in total. The topological polar surface area (TPSA) is 49.9 Å². The van der Waals surface area contributed by atoms with E-state index in [1.807, 2.05) is 35.2 Å². The quantitative estimate of drug-likeness (QED) is 0.811. The van der Waals surface area contributed by atoms with E-state index in [1.54, 1.807) is 24.3 Å². The van der Waals surface area contributed by atoms with E-state index in [0.717, 1.165) is 5.56 Å². The number of carbonyl (C=O) groups is 2. The number of hydrogen-bond acceptors (Lipinski definition) is 3. The zero-order valence-corrected chi connectivity index (χ0v) is 15.7. The molecule has 0 bridgehead atoms. The maximum atomic E-state index is 12.6. The molecule has 0 saturated carbocycles. The molecule has 2 saturated heterocycles. The van der Waals surface area contributed by atoms with Crippen LogP contribution in [0.5, 0.6) is 0 Å². The maximum Gasteiger partial charge on any atom is 0.253 e. The van der Waals surface area contributed by atoms with Crippen LogP contribution in [-0.4, -0.2) is 40.5 Å². The molecule has 4 rings (SSSR count). The second-order valence-electron chi connectivity index (χ2n) is 7.17. The molecule has 2 heterocycles. The van der Waals surface area contributed by atoms with Gasteiger partial charge in [0, 0.05) is 23.7 Å². The van der Waals surface area contributed by atoms with Gasteiger partial charge >= 0.3 is 0 Å². The summed E-state index contributed by atoms with van der Waals surface area (Å²) in [4.78, 5) is 33.0. The van der Waals surface area contributed by atoms with Crippen molar-refractivity contribution >= 4 is 23.4 Å². The lowest BCUT2D eigenvalue weighted by Gasteiger charge is -2.37. The van der Waals surface area contributed by atoms with Crippen LogP contribution in [0.25, 0.3) is 0 Å². The molecule has 0 atom stereocenters. The third-order valence-electron chi connectivity index (χ3n) is 5.28. The Morgan fingerprint density at radius 2 is 1.70 bits per heavy atom. The van der Waals surface area contributed by atoms with Crippen LogP contribution in [0.2, 0.25) is 5.02 Å². The molecule has 0 radical (unpaired) electrons. The van der Waals surface area contributed by atoms with E-state index in [9.17, 15) is 9.59 Å². The lowest BCUT2D eigenvalue weighted by molar-refractivity contribution is -0.213. The number of rotatable bonds is 3. The van der Waals surface area contributed by atoms with Gasteiger partial charge in [0.1, 0.15) is 5.60 Å². The number of amides is 2. The van der Waals surface area contributed by atoms with Gasteiger partial charge in [-0.1, -0.05) is 41.9 Å². The molecule has 2 aliphatic heterocycles. The van der Waals surface area contributed by atoms with Crippen molar-refractivity contribution in [1.29, 1.82) is 0 Å². The number of nitrogens with zero attached hydrogens (tertiary/aromatic N) is 2. The smallest absolute Gasteiger partial charge is 0.253 e. The second kappa shape index (κ2) is 7.33. The van der Waals surface area contributed by atoms with Crippen molar-refractivity contribution < 1.29 is 14.4 Å². The lowest BCUT2D eigenvalue weighted by Crippen LogP contribution is -2.47. The number of halogens is 1. The number of piperidine rings is 1. The summed E-state index contributed by atoms with van der Waals surface area (Å²) >= 11 is 5.89. The largest absolute Gasteiger partial charge is 0.338 e. The summed E-state index contributed by atoms with van der Waals surface area (Å²) in [6.45, 7) is 1.61. The minimum Gasteiger partial charge on any atom is -0.338 e. The molecule has 2 aliphatic rings. The van der Waals surface area contributed by atoms with E-state index in [4.69, 9.17) is 16.4 Å². The first-order chi connectivity index (χ1) is 13.0. The summed E-state index contributed by atoms with van der Waals surface area (Å²) in [6.07, 6.45) is 1.69. The van der Waals surface area contributed by atoms with Crippen LogP contribution < -0.4 is 0 Å². The fourth-order valence-corrected chi connectivity index (χ4v) is 3.84. The van der Waals surface area contributed by atoms with Crippen molar-refractivity contribution in [1.82, 2.24) is 9.96 Å². The van der Waals surface area contributed by atoms with Crippen molar-refractivity contribution in [2.45, 2.75) is 31.4 Å². The minimum atomic E-state index is -0.483. The highest BCUT2D eigenvalue weighted by atomic mass is 35.5. The van der Waals surface area contributed by atoms with E-state index < -0.39 is 5.60 Å². The Kier molecular flexibility index (Phi) is 4.89. The van der Waals surface area contributed by atoms with Crippen molar-refractivity contribution in [3.63, 3.8) is 0 Å². The number of carbonyl (C=O) groups excluding carboxylic acids is 2. The van der Waals surface area contributed by atoms with E-state index in [2.05, 4.69) is 0 Å². The summed E-state index contributed by atoms with van der Waals surface area (Å²) < 4.78 is 0. The predicted octanol–water partition coefficient (Wildman–Crippen LogP) is 3.68. The van der Waals surface area contributed by atoms with Crippen LogP contribution >= 0.6 is 11.6 Å². The van der Waals surface area contributed by atoms with E-state index in [-0.39, 0.29) is 11.8 Å². The van der Waals surface area contributed by atoms with Crippen LogP contribution in [0.4, 0.5) is 0 Å². The van der Waals surface area contributed by atoms with Crippen LogP contribution in [0.15, 0.2) is 54.6 Å². The highest BCUT2D eigenvalue weighted by Crippen LogP contribution is 2.37. The third-order valence-corrected chi connectivity index (χ3v) is 5.53. The summed E-state index contributed by atoms with van der Waals surface area (Å²) in [6, 6.07) is 16.7. The Balaban J connectivity index is 1.37. The van der Waals surface area contributed by atoms with E-state index in [0.29, 0.717) is 49.5 Å². The Bertz CT molecular complexity index is 830. The highest BCUT2D eigenvalue weighted by molar-refractivity contribution is 6.30. The van der Waals surface area contributed by atoms with Gasteiger partial charge in [0.2, 0.25) is 5.91 Å². The lowest BCUT2D eigenvalue weighted by atomic mass is 9.88. The Morgan fingerprint density at radius 1 is 1.04 bits per heavy atom. The molecule has 0 aromatic heterocycles. The Labute approximate surface area is 163 Å². The third kappa shape index (κ3) is 3.84. The van der Waals surface area contributed by atoms with Crippen molar-refractivity contribution in [3.05, 3.63) is 70.7 Å². The zero-order valence-electron chi connectivity index (χ0n) is 14.9. The molecule has 1 spiro atoms. The molecule has 6 heteroatoms. The molecular formula is C21H21ClN2O3. The highest BCUT2D eigenvalue weighted by Gasteiger charge is 2.47. The Hall–Kier alpha value is -2.37. The molecule has 2 aromatic carbocycles. The molecule has 0 unspecified atom stereocenters. The number of hydrogen-bond donors (Lipinski definition) is 0. The molecule has 0 aliphatic carbocycles. The number of likely N-dealkylation sites (tertiary alicyclic amines) is 1. The summed E-state index contributed by atoms with van der Waals surface area (Å²) in [5, 5.41) is 2.09. The average Bonchev–Trinajstić information content (AvgIpc) is 2.98. The van der Waals surface area contributed by atoms with Crippen LogP contribution in [0.3, 0.4) is 0 Å². The first-order valence-corrected chi connectivity index (χ1v) is 9.51. The Morgan fingerprint density at radius 3 is 2.37 bits per heavy atom. The zero-order chi connectivity index (χ0) is 18.9. The number of hydroxylamine groups is 2. The van der Waals surface area contributed by atoms with E-state index >= 15 is 0 Å². The SMILES string of the molecule is O=C(c1ccc(Cl)cc1)N1CCC2(CC1)CC(=O)N(Cc1ccccc1)O2. The van der Waals surface area contributed by atoms with Gasteiger partial charge in [-0.15, -0.1) is 0 Å². The first kappa shape index (κ1) is 18.0. The van der Waals surface area contributed by atoms with Crippen molar-refractivity contribution in [3.8, 4) is 0 Å². The van der Waals surface area contributed by atoms with Crippen molar-refractivity contribution in [2.75, 3.05) is 13.1 Å². The summed E-state index contributed by atoms with van der Waals surface area (Å²) in [7, 11) is 0. The van der Waals surface area contributed by atoms with Crippen LogP contribution in [0, 0.1) is 0 Å². The second-order valence-corrected chi connectivity index (χ2v) is 7.60. The van der Waals surface area contributed by atoms with Crippen LogP contribution in [0.1, 0.15) is 35.2 Å². The standard InChI is InChI=1S/C21H21ClN2O3/c22-18-8-6-17(7-9-18)20(26)23-12-10-21(11-13-23)14-19(25)24(27-21)15-16-4-2-1-3-5-16/h1-9H,10-15H2. The van der Waals surface area contributed by atoms with Gasteiger partial charge < -0.3 is 4.90 Å². The molecular weight excluding hydrogens is 364 g/mol. The minimum absolute atomic E-state index is 0.00742. The molecule has 2 fully saturated rings. The fraction of sp³-hybridized carbons (Fsp3) is 0.333. The fourth-order valence-electron chi connectivity index (χ4n) is 3.71. The van der Waals surface area contributed by atoms with Gasteiger partial charge in [-0.05, 0) is 42.7 Å². The molecule has 140 valence electrons.